The van der Waals surface area contributed by atoms with Crippen molar-refractivity contribution >= 4 is 23.1 Å². The maximum absolute atomic E-state index is 13.7. The lowest BCUT2D eigenvalue weighted by molar-refractivity contribution is -0.134. The molecular formula is C26H31N5O4S. The van der Waals surface area contributed by atoms with Gasteiger partial charge in [0, 0.05) is 31.5 Å². The average molecular weight is 510 g/mol. The van der Waals surface area contributed by atoms with E-state index in [-0.39, 0.29) is 18.4 Å². The molecule has 2 unspecified atom stereocenters. The third-order valence-electron chi connectivity index (χ3n) is 6.90. The molecule has 5 rings (SSSR count). The van der Waals surface area contributed by atoms with Crippen molar-refractivity contribution in [3.05, 3.63) is 58.6 Å². The number of thiazole rings is 1. The molecule has 1 aromatic carbocycles. The number of carbonyl (C=O) groups excluding carboxylic acids is 1. The van der Waals surface area contributed by atoms with Crippen molar-refractivity contribution in [3.63, 3.8) is 0 Å². The van der Waals surface area contributed by atoms with E-state index in [0.717, 1.165) is 27.4 Å². The van der Waals surface area contributed by atoms with Crippen molar-refractivity contribution in [2.24, 2.45) is 11.1 Å². The minimum Gasteiger partial charge on any atom is -0.391 e. The molecule has 3 aromatic rings. The van der Waals surface area contributed by atoms with Crippen LogP contribution < -0.4 is 5.32 Å². The lowest BCUT2D eigenvalue weighted by Gasteiger charge is -2.30. The van der Waals surface area contributed by atoms with Gasteiger partial charge in [-0.2, -0.15) is 0 Å². The first-order chi connectivity index (χ1) is 17.2. The van der Waals surface area contributed by atoms with Gasteiger partial charge in [0.05, 0.1) is 33.9 Å². The second kappa shape index (κ2) is 9.33. The number of rotatable bonds is 6. The number of amidine groups is 1. The number of nitrogens with one attached hydrogen (secondary N) is 1. The number of carbonyl (C=O) groups is 1. The average Bonchev–Trinajstić information content (AvgIpc) is 3.62. The predicted molar refractivity (Wildman–Crippen MR) is 136 cm³/mol. The zero-order chi connectivity index (χ0) is 25.6. The number of aliphatic hydroxyl groups is 1. The molecule has 2 aliphatic heterocycles. The Labute approximate surface area is 214 Å². The van der Waals surface area contributed by atoms with Crippen LogP contribution in [-0.2, 0) is 15.4 Å². The van der Waals surface area contributed by atoms with Crippen LogP contribution in [-0.4, -0.2) is 50.6 Å². The van der Waals surface area contributed by atoms with Crippen molar-refractivity contribution in [2.45, 2.75) is 64.8 Å². The SMILES string of the molecule is Cc1cc(C(C(=O)N2C[C@H](O)C[C@H]2C2=NOC(C)(c3ccc(-c4scnc4C)cc3)N2)C(C)C)on1. The van der Waals surface area contributed by atoms with Crippen LogP contribution in [0.25, 0.3) is 10.4 Å². The van der Waals surface area contributed by atoms with Crippen LogP contribution >= 0.6 is 11.3 Å². The Balaban J connectivity index is 1.35. The molecule has 4 heterocycles. The van der Waals surface area contributed by atoms with Crippen molar-refractivity contribution in [1.82, 2.24) is 20.4 Å². The molecule has 10 heteroatoms. The smallest absolute Gasteiger partial charge is 0.234 e. The Morgan fingerprint density at radius 1 is 1.28 bits per heavy atom. The zero-order valence-corrected chi connectivity index (χ0v) is 21.9. The molecular weight excluding hydrogens is 478 g/mol. The summed E-state index contributed by atoms with van der Waals surface area (Å²) >= 11 is 1.61. The predicted octanol–water partition coefficient (Wildman–Crippen LogP) is 3.92. The summed E-state index contributed by atoms with van der Waals surface area (Å²) in [4.78, 5) is 26.8. The van der Waals surface area contributed by atoms with Crippen molar-refractivity contribution < 1.29 is 19.3 Å². The summed E-state index contributed by atoms with van der Waals surface area (Å²) in [5, 5.41) is 22.2. The van der Waals surface area contributed by atoms with E-state index in [1.807, 2.05) is 64.4 Å². The van der Waals surface area contributed by atoms with Crippen LogP contribution in [0.2, 0.25) is 0 Å². The third kappa shape index (κ3) is 4.39. The summed E-state index contributed by atoms with van der Waals surface area (Å²) in [5.74, 6) is 0.428. The molecule has 9 nitrogen and oxygen atoms in total. The fourth-order valence-corrected chi connectivity index (χ4v) is 5.79. The Bertz CT molecular complexity index is 1280. The maximum Gasteiger partial charge on any atom is 0.234 e. The number of aliphatic hydroxyl groups excluding tert-OH is 1. The van der Waals surface area contributed by atoms with Crippen molar-refractivity contribution in [1.29, 1.82) is 0 Å². The summed E-state index contributed by atoms with van der Waals surface area (Å²) in [6.45, 7) is 9.91. The Morgan fingerprint density at radius 3 is 2.64 bits per heavy atom. The number of β-amino-alcohol motifs (C(OH)–C–C–N with tert-alkyl or cyclic N) is 1. The molecule has 190 valence electrons. The summed E-state index contributed by atoms with van der Waals surface area (Å²) < 4.78 is 5.46. The highest BCUT2D eigenvalue weighted by atomic mass is 32.1. The fourth-order valence-electron chi connectivity index (χ4n) is 4.98. The van der Waals surface area contributed by atoms with E-state index < -0.39 is 23.8 Å². The first kappa shape index (κ1) is 24.5. The lowest BCUT2D eigenvalue weighted by Crippen LogP contribution is -2.50. The van der Waals surface area contributed by atoms with E-state index in [1.54, 1.807) is 22.3 Å². The number of nitrogens with zero attached hydrogens (tertiary/aromatic N) is 4. The van der Waals surface area contributed by atoms with Crippen LogP contribution in [0, 0.1) is 19.8 Å². The van der Waals surface area contributed by atoms with E-state index in [9.17, 15) is 9.90 Å². The number of hydrogen-bond donors (Lipinski definition) is 2. The van der Waals surface area contributed by atoms with E-state index in [0.29, 0.717) is 18.0 Å². The first-order valence-corrected chi connectivity index (χ1v) is 13.0. The Kier molecular flexibility index (Phi) is 6.34. The summed E-state index contributed by atoms with van der Waals surface area (Å²) in [5.41, 5.74) is 4.69. The van der Waals surface area contributed by atoms with E-state index in [2.05, 4.69) is 20.6 Å². The van der Waals surface area contributed by atoms with Crippen LogP contribution in [0.15, 0.2) is 45.5 Å². The fraction of sp³-hybridized carbons (Fsp3) is 0.462. The number of aromatic nitrogens is 2. The third-order valence-corrected chi connectivity index (χ3v) is 7.88. The van der Waals surface area contributed by atoms with Crippen LogP contribution in [0.4, 0.5) is 0 Å². The molecule has 36 heavy (non-hydrogen) atoms. The van der Waals surface area contributed by atoms with E-state index in [1.165, 1.54) is 0 Å². The molecule has 0 radical (unpaired) electrons. The van der Waals surface area contributed by atoms with Gasteiger partial charge in [0.1, 0.15) is 11.7 Å². The van der Waals surface area contributed by atoms with Gasteiger partial charge in [0.25, 0.3) is 0 Å². The Hall–Kier alpha value is -3.24. The van der Waals surface area contributed by atoms with E-state index >= 15 is 0 Å². The number of aryl methyl sites for hydroxylation is 2. The lowest BCUT2D eigenvalue weighted by atomic mass is 9.91. The quantitative estimate of drug-likeness (QED) is 0.518. The molecule has 1 amide bonds. The first-order valence-electron chi connectivity index (χ1n) is 12.1. The van der Waals surface area contributed by atoms with Gasteiger partial charge in [-0.25, -0.2) is 4.98 Å². The van der Waals surface area contributed by atoms with Gasteiger partial charge in [0.2, 0.25) is 11.6 Å². The molecule has 2 aromatic heterocycles. The number of amides is 1. The highest BCUT2D eigenvalue weighted by Crippen LogP contribution is 2.35. The monoisotopic (exact) mass is 509 g/mol. The van der Waals surface area contributed by atoms with Gasteiger partial charge < -0.3 is 24.7 Å². The minimum atomic E-state index is -0.891. The molecule has 0 spiro atoms. The van der Waals surface area contributed by atoms with Gasteiger partial charge in [-0.3, -0.25) is 4.79 Å². The number of oxime groups is 1. The largest absolute Gasteiger partial charge is 0.391 e. The van der Waals surface area contributed by atoms with Crippen molar-refractivity contribution in [2.75, 3.05) is 6.54 Å². The molecule has 0 aliphatic carbocycles. The molecule has 0 saturated carbocycles. The Morgan fingerprint density at radius 2 is 2.03 bits per heavy atom. The normalized spacial score (nSPS) is 24.5. The molecule has 1 fully saturated rings. The molecule has 1 saturated heterocycles. The van der Waals surface area contributed by atoms with Gasteiger partial charge >= 0.3 is 0 Å². The van der Waals surface area contributed by atoms with Gasteiger partial charge in [0.15, 0.2) is 5.84 Å². The number of likely N-dealkylation sites (tertiary alicyclic amines) is 1. The standard InChI is InChI=1S/C26H31N5O4S/c1-14(2)22(21-10-15(3)29-34-21)25(33)31-12-19(32)11-20(31)24-28-26(5,35-30-24)18-8-6-17(7-9-18)23-16(4)27-13-36-23/h6-10,13-14,19-20,22,32H,11-12H2,1-5H3,(H,28,30)/t19-,20+,22?,26?/m1/s1. The van der Waals surface area contributed by atoms with Gasteiger partial charge in [-0.05, 0) is 25.3 Å². The molecule has 2 aliphatic rings. The highest BCUT2D eigenvalue weighted by molar-refractivity contribution is 7.13. The van der Waals surface area contributed by atoms with Gasteiger partial charge in [-0.15, -0.1) is 11.3 Å². The second-order valence-electron chi connectivity index (χ2n) is 10.1. The van der Waals surface area contributed by atoms with Crippen LogP contribution in [0.1, 0.15) is 55.8 Å². The number of hydrogen-bond acceptors (Lipinski definition) is 9. The topological polar surface area (TPSA) is 113 Å². The summed E-state index contributed by atoms with van der Waals surface area (Å²) in [7, 11) is 0. The maximum atomic E-state index is 13.7. The second-order valence-corrected chi connectivity index (χ2v) is 10.9. The van der Waals surface area contributed by atoms with E-state index in [4.69, 9.17) is 9.36 Å². The van der Waals surface area contributed by atoms with Crippen molar-refractivity contribution in [3.8, 4) is 10.4 Å². The molecule has 2 N–H and O–H groups in total. The van der Waals surface area contributed by atoms with Crippen LogP contribution in [0.3, 0.4) is 0 Å². The highest BCUT2D eigenvalue weighted by Gasteiger charge is 2.46. The van der Waals surface area contributed by atoms with Crippen LogP contribution in [0.5, 0.6) is 0 Å². The summed E-state index contributed by atoms with van der Waals surface area (Å²) in [6, 6.07) is 9.48. The summed E-state index contributed by atoms with van der Waals surface area (Å²) in [6.07, 6.45) is -0.276. The minimum absolute atomic E-state index is 0.0102. The number of benzene rings is 1. The molecule has 0 bridgehead atoms. The zero-order valence-electron chi connectivity index (χ0n) is 21.1. The molecule has 4 atom stereocenters. The van der Waals surface area contributed by atoms with Gasteiger partial charge in [-0.1, -0.05) is 48.4 Å².